The van der Waals surface area contributed by atoms with E-state index in [4.69, 9.17) is 0 Å². The third-order valence-corrected chi connectivity index (χ3v) is 8.72. The van der Waals surface area contributed by atoms with Gasteiger partial charge in [0.1, 0.15) is 0 Å². The van der Waals surface area contributed by atoms with Crippen LogP contribution in [0.15, 0.2) is 38.0 Å². The Labute approximate surface area is 157 Å². The van der Waals surface area contributed by atoms with Gasteiger partial charge in [0.2, 0.25) is 0 Å². The summed E-state index contributed by atoms with van der Waals surface area (Å²) in [5.41, 5.74) is 3.15. The van der Waals surface area contributed by atoms with Crippen LogP contribution in [-0.4, -0.2) is 0 Å². The predicted octanol–water partition coefficient (Wildman–Crippen LogP) is 7.97. The van der Waals surface area contributed by atoms with Crippen LogP contribution in [-0.2, 0) is 0 Å². The largest absolute Gasteiger partial charge is 0.106 e. The molecule has 25 heavy (non-hydrogen) atoms. The van der Waals surface area contributed by atoms with Gasteiger partial charge < -0.3 is 0 Å². The molecular formula is C25H42. The van der Waals surface area contributed by atoms with Crippen LogP contribution in [0.25, 0.3) is 0 Å². The van der Waals surface area contributed by atoms with Crippen molar-refractivity contribution in [1.29, 1.82) is 0 Å². The second kappa shape index (κ2) is 8.28. The van der Waals surface area contributed by atoms with Gasteiger partial charge in [0.25, 0.3) is 0 Å². The quantitative estimate of drug-likeness (QED) is 0.424. The second-order valence-electron chi connectivity index (χ2n) is 9.18. The summed E-state index contributed by atoms with van der Waals surface area (Å²) in [4.78, 5) is 0. The van der Waals surface area contributed by atoms with E-state index in [0.717, 1.165) is 23.7 Å². The van der Waals surface area contributed by atoms with Gasteiger partial charge in [-0.3, -0.25) is 0 Å². The molecule has 0 aliphatic heterocycles. The molecule has 0 saturated heterocycles. The van der Waals surface area contributed by atoms with Crippen molar-refractivity contribution in [2.45, 2.75) is 85.0 Å². The summed E-state index contributed by atoms with van der Waals surface area (Å²) in [6.07, 6.45) is 17.4. The maximum absolute atomic E-state index is 3.00. The van der Waals surface area contributed by atoms with Crippen molar-refractivity contribution in [2.75, 3.05) is 0 Å². The van der Waals surface area contributed by atoms with Crippen LogP contribution in [0.5, 0.6) is 0 Å². The molecule has 0 radical (unpaired) electrons. The maximum atomic E-state index is 3.00. The van der Waals surface area contributed by atoms with Crippen molar-refractivity contribution < 1.29 is 0 Å². The average molecular weight is 343 g/mol. The predicted molar refractivity (Wildman–Crippen MR) is 113 cm³/mol. The fourth-order valence-corrected chi connectivity index (χ4v) is 7.53. The summed E-state index contributed by atoms with van der Waals surface area (Å²) in [6.45, 7) is 19.8. The summed E-state index contributed by atoms with van der Waals surface area (Å²) in [6, 6.07) is 0. The molecule has 0 heteroatoms. The van der Waals surface area contributed by atoms with Gasteiger partial charge in [-0.15, -0.1) is 26.3 Å². The van der Waals surface area contributed by atoms with Gasteiger partial charge in [-0.05, 0) is 92.3 Å². The van der Waals surface area contributed by atoms with E-state index in [2.05, 4.69) is 53.2 Å². The van der Waals surface area contributed by atoms with Crippen LogP contribution in [0, 0.1) is 34.5 Å². The summed E-state index contributed by atoms with van der Waals surface area (Å²) >= 11 is 0. The lowest BCUT2D eigenvalue weighted by molar-refractivity contribution is -0.0515. The lowest BCUT2D eigenvalue weighted by atomic mass is 9.47. The van der Waals surface area contributed by atoms with Crippen molar-refractivity contribution >= 4 is 0 Å². The lowest BCUT2D eigenvalue weighted by Crippen LogP contribution is -2.50. The van der Waals surface area contributed by atoms with Crippen LogP contribution in [0.2, 0.25) is 0 Å². The Bertz CT molecular complexity index is 472. The first-order valence-corrected chi connectivity index (χ1v) is 10.8. The third-order valence-electron chi connectivity index (χ3n) is 8.72. The molecule has 0 N–H and O–H groups in total. The first kappa shape index (κ1) is 20.5. The summed E-state index contributed by atoms with van der Waals surface area (Å²) < 4.78 is 0. The molecule has 4 aliphatic carbocycles. The molecule has 3 saturated carbocycles. The molecule has 0 bridgehead atoms. The van der Waals surface area contributed by atoms with Crippen LogP contribution < -0.4 is 0 Å². The highest BCUT2D eigenvalue weighted by atomic mass is 14.6. The van der Waals surface area contributed by atoms with Crippen LogP contribution in [0.3, 0.4) is 0 Å². The fraction of sp³-hybridized carbons (Fsp3) is 0.760. The van der Waals surface area contributed by atoms with Crippen molar-refractivity contribution in [2.24, 2.45) is 34.5 Å². The van der Waals surface area contributed by atoms with Crippen LogP contribution in [0.1, 0.15) is 85.0 Å². The normalized spacial score (nSPS) is 44.5. The molecule has 142 valence electrons. The minimum absolute atomic E-state index is 0.590. The van der Waals surface area contributed by atoms with Gasteiger partial charge in [-0.25, -0.2) is 0 Å². The average Bonchev–Trinajstić information content (AvgIpc) is 3.01. The number of rotatable bonds is 1. The Morgan fingerprint density at radius 2 is 1.68 bits per heavy atom. The van der Waals surface area contributed by atoms with Crippen molar-refractivity contribution in [3.8, 4) is 0 Å². The van der Waals surface area contributed by atoms with E-state index >= 15 is 0 Å². The van der Waals surface area contributed by atoms with Gasteiger partial charge in [0.05, 0.1) is 0 Å². The molecular weight excluding hydrogens is 300 g/mol. The molecule has 0 nitrogen and oxygen atoms in total. The molecule has 3 fully saturated rings. The Morgan fingerprint density at radius 1 is 0.960 bits per heavy atom. The van der Waals surface area contributed by atoms with Crippen LogP contribution in [0.4, 0.5) is 0 Å². The molecule has 0 unspecified atom stereocenters. The molecule has 0 spiro atoms. The summed E-state index contributed by atoms with van der Waals surface area (Å²) in [7, 11) is 0. The van der Waals surface area contributed by atoms with Gasteiger partial charge in [-0.2, -0.15) is 0 Å². The molecule has 0 aromatic rings. The zero-order chi connectivity index (χ0) is 18.7. The summed E-state index contributed by atoms with van der Waals surface area (Å²) in [5.74, 6) is 4.16. The van der Waals surface area contributed by atoms with Crippen molar-refractivity contribution in [3.63, 3.8) is 0 Å². The molecule has 0 aromatic carbocycles. The number of allylic oxidation sites excluding steroid dienone is 2. The van der Waals surface area contributed by atoms with Crippen molar-refractivity contribution in [3.05, 3.63) is 38.0 Å². The first-order valence-electron chi connectivity index (χ1n) is 10.8. The molecule has 4 aliphatic rings. The highest BCUT2D eigenvalue weighted by Gasteiger charge is 2.57. The molecule has 0 heterocycles. The minimum Gasteiger partial charge on any atom is -0.106 e. The first-order chi connectivity index (χ1) is 12.1. The monoisotopic (exact) mass is 342 g/mol. The van der Waals surface area contributed by atoms with Crippen molar-refractivity contribution in [1.82, 2.24) is 0 Å². The Balaban J connectivity index is 0.000000528. The number of fused-ring (bicyclic) bond motifs is 5. The molecule has 0 amide bonds. The topological polar surface area (TPSA) is 0 Å². The van der Waals surface area contributed by atoms with Crippen LogP contribution >= 0.6 is 0 Å². The smallest absolute Gasteiger partial charge is 0.00853 e. The second-order valence-corrected chi connectivity index (χ2v) is 9.18. The van der Waals surface area contributed by atoms with E-state index < -0.39 is 0 Å². The van der Waals surface area contributed by atoms with E-state index in [-0.39, 0.29) is 0 Å². The van der Waals surface area contributed by atoms with E-state index in [9.17, 15) is 0 Å². The Hall–Kier alpha value is -0.780. The standard InChI is InChI=1S/C21H34.2C2H4/c1-4-15-9-11-18-17-10-8-16-7-5-6-13-20(16,2)19(17)12-14-21(15,18)3;2*1-2/h7,15,17-19H,4-6,8-14H2,1-3H3;2*1-2H2/t15-,17-,18-,19-,20-,21+;;/m0../s1. The Kier molecular flexibility index (Phi) is 6.80. The van der Waals surface area contributed by atoms with Gasteiger partial charge in [0.15, 0.2) is 0 Å². The highest BCUT2D eigenvalue weighted by Crippen LogP contribution is 2.67. The number of hydrogen-bond acceptors (Lipinski definition) is 0. The SMILES string of the molecule is C=C.C=C.CC[C@H]1CC[C@H]2[C@@H]3CCC4=CCCC[C@]4(C)[C@H]3CC[C@]12C. The van der Waals surface area contributed by atoms with Gasteiger partial charge >= 0.3 is 0 Å². The Morgan fingerprint density at radius 3 is 2.36 bits per heavy atom. The van der Waals surface area contributed by atoms with E-state index in [1.54, 1.807) is 6.42 Å². The number of hydrogen-bond donors (Lipinski definition) is 0. The maximum Gasteiger partial charge on any atom is -0.00853 e. The molecule has 6 atom stereocenters. The summed E-state index contributed by atoms with van der Waals surface area (Å²) in [5, 5.41) is 0. The van der Waals surface area contributed by atoms with Gasteiger partial charge in [0, 0.05) is 0 Å². The zero-order valence-corrected chi connectivity index (χ0v) is 17.3. The van der Waals surface area contributed by atoms with E-state index in [0.29, 0.717) is 10.8 Å². The fourth-order valence-electron chi connectivity index (χ4n) is 7.53. The van der Waals surface area contributed by atoms with E-state index in [1.165, 1.54) is 57.8 Å². The molecule has 0 aromatic heterocycles. The minimum atomic E-state index is 0.590. The third kappa shape index (κ3) is 3.19. The van der Waals surface area contributed by atoms with E-state index in [1.807, 2.05) is 5.57 Å². The highest BCUT2D eigenvalue weighted by molar-refractivity contribution is 5.23. The zero-order valence-electron chi connectivity index (χ0n) is 17.3. The van der Waals surface area contributed by atoms with Gasteiger partial charge in [-0.1, -0.05) is 38.8 Å². The lowest BCUT2D eigenvalue weighted by Gasteiger charge is -2.58. The molecule has 4 rings (SSSR count).